The highest BCUT2D eigenvalue weighted by molar-refractivity contribution is 5.50. The lowest BCUT2D eigenvalue weighted by atomic mass is 10.0. The highest BCUT2D eigenvalue weighted by Gasteiger charge is 2.27. The lowest BCUT2D eigenvalue weighted by Crippen LogP contribution is -2.20. The van der Waals surface area contributed by atoms with E-state index in [-0.39, 0.29) is 12.4 Å². The minimum atomic E-state index is -0.229. The zero-order valence-electron chi connectivity index (χ0n) is 9.78. The molecular weight excluding hydrogens is 205 g/mol. The van der Waals surface area contributed by atoms with Crippen LogP contribution in [0.4, 0.5) is 10.1 Å². The number of aliphatic hydroxyl groups is 1. The Hall–Kier alpha value is -1.09. The fourth-order valence-corrected chi connectivity index (χ4v) is 2.23. The Balaban J connectivity index is 2.22. The van der Waals surface area contributed by atoms with Crippen LogP contribution in [-0.2, 0) is 6.61 Å². The Morgan fingerprint density at radius 3 is 2.44 bits per heavy atom. The van der Waals surface area contributed by atoms with Crippen molar-refractivity contribution in [2.45, 2.75) is 20.5 Å². The van der Waals surface area contributed by atoms with Crippen LogP contribution in [0.3, 0.4) is 0 Å². The molecule has 1 saturated heterocycles. The number of hydrogen-bond acceptors (Lipinski definition) is 2. The van der Waals surface area contributed by atoms with Crippen molar-refractivity contribution in [2.24, 2.45) is 11.8 Å². The summed E-state index contributed by atoms with van der Waals surface area (Å²) < 4.78 is 13.8. The van der Waals surface area contributed by atoms with E-state index in [4.69, 9.17) is 5.11 Å². The van der Waals surface area contributed by atoms with Crippen molar-refractivity contribution in [1.29, 1.82) is 0 Å². The fourth-order valence-electron chi connectivity index (χ4n) is 2.23. The standard InChI is InChI=1S/C13H18FNO/c1-9-6-15(7-10(9)2)13-4-3-11(8-16)5-12(13)14/h3-5,9-10,16H,6-8H2,1-2H3. The van der Waals surface area contributed by atoms with E-state index in [1.54, 1.807) is 12.1 Å². The van der Waals surface area contributed by atoms with E-state index >= 15 is 0 Å². The molecule has 0 aromatic heterocycles. The number of hydrogen-bond donors (Lipinski definition) is 1. The van der Waals surface area contributed by atoms with Gasteiger partial charge < -0.3 is 10.0 Å². The summed E-state index contributed by atoms with van der Waals surface area (Å²) in [5.74, 6) is 0.988. The van der Waals surface area contributed by atoms with Crippen molar-refractivity contribution >= 4 is 5.69 Å². The monoisotopic (exact) mass is 223 g/mol. The van der Waals surface area contributed by atoms with Gasteiger partial charge in [0.05, 0.1) is 12.3 Å². The number of anilines is 1. The first-order chi connectivity index (χ1) is 7.61. The van der Waals surface area contributed by atoms with Gasteiger partial charge in [0.1, 0.15) is 5.82 Å². The molecule has 1 fully saturated rings. The average Bonchev–Trinajstić information content (AvgIpc) is 2.58. The van der Waals surface area contributed by atoms with Crippen LogP contribution in [0, 0.1) is 17.7 Å². The molecule has 3 heteroatoms. The van der Waals surface area contributed by atoms with Crippen molar-refractivity contribution in [2.75, 3.05) is 18.0 Å². The minimum absolute atomic E-state index is 0.107. The third-order valence-electron chi connectivity index (χ3n) is 3.52. The molecule has 2 atom stereocenters. The summed E-state index contributed by atoms with van der Waals surface area (Å²) in [6.45, 7) is 6.12. The molecule has 0 aliphatic carbocycles. The molecule has 1 aromatic carbocycles. The second kappa shape index (κ2) is 4.42. The Morgan fingerprint density at radius 1 is 1.31 bits per heavy atom. The Kier molecular flexibility index (Phi) is 3.15. The maximum atomic E-state index is 13.8. The molecule has 0 bridgehead atoms. The van der Waals surface area contributed by atoms with Gasteiger partial charge in [-0.3, -0.25) is 0 Å². The molecular formula is C13H18FNO. The van der Waals surface area contributed by atoms with Crippen LogP contribution in [0.15, 0.2) is 18.2 Å². The largest absolute Gasteiger partial charge is 0.392 e. The van der Waals surface area contributed by atoms with Crippen molar-refractivity contribution in [3.8, 4) is 0 Å². The zero-order chi connectivity index (χ0) is 11.7. The lowest BCUT2D eigenvalue weighted by Gasteiger charge is -2.19. The Labute approximate surface area is 95.7 Å². The first-order valence-corrected chi connectivity index (χ1v) is 5.76. The molecule has 0 amide bonds. The number of nitrogens with zero attached hydrogens (tertiary/aromatic N) is 1. The van der Waals surface area contributed by atoms with Gasteiger partial charge in [-0.2, -0.15) is 0 Å². The van der Waals surface area contributed by atoms with Gasteiger partial charge in [0.2, 0.25) is 0 Å². The highest BCUT2D eigenvalue weighted by atomic mass is 19.1. The predicted molar refractivity (Wildman–Crippen MR) is 62.9 cm³/mol. The van der Waals surface area contributed by atoms with Crippen LogP contribution in [0.2, 0.25) is 0 Å². The van der Waals surface area contributed by atoms with Crippen LogP contribution < -0.4 is 4.90 Å². The van der Waals surface area contributed by atoms with Crippen LogP contribution in [0.25, 0.3) is 0 Å². The number of rotatable bonds is 2. The maximum Gasteiger partial charge on any atom is 0.146 e. The quantitative estimate of drug-likeness (QED) is 0.832. The Morgan fingerprint density at radius 2 is 1.94 bits per heavy atom. The van der Waals surface area contributed by atoms with Crippen LogP contribution in [0.1, 0.15) is 19.4 Å². The van der Waals surface area contributed by atoms with Crippen molar-refractivity contribution in [3.63, 3.8) is 0 Å². The summed E-state index contributed by atoms with van der Waals surface area (Å²) in [5, 5.41) is 8.92. The van der Waals surface area contributed by atoms with Gasteiger partial charge >= 0.3 is 0 Å². The van der Waals surface area contributed by atoms with Gasteiger partial charge in [-0.1, -0.05) is 19.9 Å². The predicted octanol–water partition coefficient (Wildman–Crippen LogP) is 2.41. The van der Waals surface area contributed by atoms with Gasteiger partial charge in [0.15, 0.2) is 0 Å². The summed E-state index contributed by atoms with van der Waals surface area (Å²) in [6.07, 6.45) is 0. The van der Waals surface area contributed by atoms with Crippen molar-refractivity contribution < 1.29 is 9.50 Å². The summed E-state index contributed by atoms with van der Waals surface area (Å²) >= 11 is 0. The minimum Gasteiger partial charge on any atom is -0.392 e. The molecule has 1 N–H and O–H groups in total. The first-order valence-electron chi connectivity index (χ1n) is 5.76. The normalized spacial score (nSPS) is 25.1. The van der Waals surface area contributed by atoms with E-state index in [0.717, 1.165) is 13.1 Å². The molecule has 2 rings (SSSR count). The summed E-state index contributed by atoms with van der Waals surface area (Å²) in [6, 6.07) is 4.97. The van der Waals surface area contributed by atoms with E-state index in [2.05, 4.69) is 18.7 Å². The molecule has 2 unspecified atom stereocenters. The third-order valence-corrected chi connectivity index (χ3v) is 3.52. The summed E-state index contributed by atoms with van der Waals surface area (Å²) in [7, 11) is 0. The number of benzene rings is 1. The van der Waals surface area contributed by atoms with Crippen LogP contribution in [-0.4, -0.2) is 18.2 Å². The molecule has 88 valence electrons. The summed E-state index contributed by atoms with van der Waals surface area (Å²) in [4.78, 5) is 2.09. The third kappa shape index (κ3) is 2.05. The molecule has 1 aliphatic heterocycles. The van der Waals surface area contributed by atoms with E-state index in [9.17, 15) is 4.39 Å². The molecule has 16 heavy (non-hydrogen) atoms. The van der Waals surface area contributed by atoms with Gasteiger partial charge in [-0.15, -0.1) is 0 Å². The topological polar surface area (TPSA) is 23.5 Å². The fraction of sp³-hybridized carbons (Fsp3) is 0.538. The van der Waals surface area contributed by atoms with Gasteiger partial charge in [0, 0.05) is 13.1 Å². The number of halogens is 1. The molecule has 0 saturated carbocycles. The molecule has 2 nitrogen and oxygen atoms in total. The van der Waals surface area contributed by atoms with Crippen LogP contribution in [0.5, 0.6) is 0 Å². The average molecular weight is 223 g/mol. The molecule has 0 spiro atoms. The molecule has 1 aromatic rings. The second-order valence-electron chi connectivity index (χ2n) is 4.80. The van der Waals surface area contributed by atoms with Crippen LogP contribution >= 0.6 is 0 Å². The summed E-state index contributed by atoms with van der Waals surface area (Å²) in [5.41, 5.74) is 1.29. The van der Waals surface area contributed by atoms with Crippen molar-refractivity contribution in [3.05, 3.63) is 29.6 Å². The molecule has 1 heterocycles. The second-order valence-corrected chi connectivity index (χ2v) is 4.80. The molecule has 1 aliphatic rings. The van der Waals surface area contributed by atoms with E-state index in [1.165, 1.54) is 6.07 Å². The van der Waals surface area contributed by atoms with E-state index < -0.39 is 0 Å². The maximum absolute atomic E-state index is 13.8. The lowest BCUT2D eigenvalue weighted by molar-refractivity contribution is 0.281. The van der Waals surface area contributed by atoms with E-state index in [1.807, 2.05) is 0 Å². The highest BCUT2D eigenvalue weighted by Crippen LogP contribution is 2.29. The molecule has 0 radical (unpaired) electrons. The first kappa shape index (κ1) is 11.4. The van der Waals surface area contributed by atoms with Gasteiger partial charge in [0.25, 0.3) is 0 Å². The van der Waals surface area contributed by atoms with Gasteiger partial charge in [-0.25, -0.2) is 4.39 Å². The smallest absolute Gasteiger partial charge is 0.146 e. The Bertz CT molecular complexity index is 370. The van der Waals surface area contributed by atoms with Gasteiger partial charge in [-0.05, 0) is 29.5 Å². The van der Waals surface area contributed by atoms with Crippen molar-refractivity contribution in [1.82, 2.24) is 0 Å². The zero-order valence-corrected chi connectivity index (χ0v) is 9.78. The number of aliphatic hydroxyl groups excluding tert-OH is 1. The SMILES string of the molecule is CC1CN(c2ccc(CO)cc2F)CC1C. The van der Waals surface area contributed by atoms with E-state index in [0.29, 0.717) is 23.1 Å².